The second kappa shape index (κ2) is 7.18. The fourth-order valence-electron chi connectivity index (χ4n) is 1.74. The maximum absolute atomic E-state index is 5.41. The van der Waals surface area contributed by atoms with E-state index in [9.17, 15) is 0 Å². The molecule has 0 amide bonds. The van der Waals surface area contributed by atoms with Crippen LogP contribution in [0.25, 0.3) is 0 Å². The molecular weight excluding hydrogens is 274 g/mol. The Morgan fingerprint density at radius 1 is 1.25 bits per heavy atom. The number of thiophene rings is 1. The molecule has 0 aromatic carbocycles. The number of rotatable bonds is 7. The molecule has 6 nitrogen and oxygen atoms in total. The van der Waals surface area contributed by atoms with Gasteiger partial charge in [-0.2, -0.15) is 0 Å². The third-order valence-electron chi connectivity index (χ3n) is 2.70. The van der Waals surface area contributed by atoms with Crippen molar-refractivity contribution in [1.82, 2.24) is 9.97 Å². The number of nitrogen functional groups attached to an aromatic ring is 1. The predicted molar refractivity (Wildman–Crippen MR) is 81.6 cm³/mol. The van der Waals surface area contributed by atoms with Gasteiger partial charge in [0.25, 0.3) is 0 Å². The smallest absolute Gasteiger partial charge is 0.158 e. The summed E-state index contributed by atoms with van der Waals surface area (Å²) in [4.78, 5) is 11.2. The minimum atomic E-state index is 0.350. The van der Waals surface area contributed by atoms with E-state index >= 15 is 0 Å². The molecule has 20 heavy (non-hydrogen) atoms. The zero-order valence-electron chi connectivity index (χ0n) is 11.6. The number of hydrogen-bond acceptors (Lipinski definition) is 7. The van der Waals surface area contributed by atoms with Crippen molar-refractivity contribution < 1.29 is 4.74 Å². The molecule has 0 saturated carbocycles. The van der Waals surface area contributed by atoms with Gasteiger partial charge in [0.05, 0.1) is 6.54 Å². The lowest BCUT2D eigenvalue weighted by atomic mass is 10.3. The molecule has 0 spiro atoms. The number of nitrogens with one attached hydrogen (secondary N) is 2. The zero-order valence-corrected chi connectivity index (χ0v) is 12.5. The summed E-state index contributed by atoms with van der Waals surface area (Å²) in [5.74, 6) is 7.29. The maximum atomic E-state index is 5.41. The first-order chi connectivity index (χ1) is 9.75. The van der Waals surface area contributed by atoms with Gasteiger partial charge >= 0.3 is 0 Å². The van der Waals surface area contributed by atoms with Crippen molar-refractivity contribution >= 4 is 23.0 Å². The van der Waals surface area contributed by atoms with Crippen LogP contribution in [0.1, 0.15) is 22.5 Å². The molecule has 2 rings (SSSR count). The number of anilines is 2. The van der Waals surface area contributed by atoms with Gasteiger partial charge in [-0.15, -0.1) is 11.3 Å². The Kier molecular flexibility index (Phi) is 5.28. The van der Waals surface area contributed by atoms with Crippen LogP contribution in [0.2, 0.25) is 0 Å². The Morgan fingerprint density at radius 3 is 2.65 bits per heavy atom. The number of aromatic nitrogens is 2. The number of hydrogen-bond donors (Lipinski definition) is 3. The van der Waals surface area contributed by atoms with Gasteiger partial charge in [-0.05, 0) is 18.6 Å². The number of aryl methyl sites for hydroxylation is 1. The largest absolute Gasteiger partial charge is 0.377 e. The van der Waals surface area contributed by atoms with Crippen LogP contribution in [0.5, 0.6) is 0 Å². The normalized spacial score (nSPS) is 10.6. The summed E-state index contributed by atoms with van der Waals surface area (Å²) in [6.07, 6.45) is 1.07. The Labute approximate surface area is 122 Å². The van der Waals surface area contributed by atoms with E-state index in [0.29, 0.717) is 18.2 Å². The van der Waals surface area contributed by atoms with E-state index in [2.05, 4.69) is 39.8 Å². The van der Waals surface area contributed by atoms with Crippen molar-refractivity contribution in [2.45, 2.75) is 26.5 Å². The third kappa shape index (κ3) is 3.89. The van der Waals surface area contributed by atoms with Crippen molar-refractivity contribution in [2.24, 2.45) is 5.84 Å². The van der Waals surface area contributed by atoms with Crippen LogP contribution in [0.4, 0.5) is 11.6 Å². The minimum absolute atomic E-state index is 0.350. The highest BCUT2D eigenvalue weighted by Gasteiger charge is 2.05. The van der Waals surface area contributed by atoms with Crippen LogP contribution in [0, 0.1) is 0 Å². The minimum Gasteiger partial charge on any atom is -0.377 e. The third-order valence-corrected chi connectivity index (χ3v) is 3.93. The lowest BCUT2D eigenvalue weighted by Crippen LogP contribution is -2.12. The highest BCUT2D eigenvalue weighted by Crippen LogP contribution is 2.19. The summed E-state index contributed by atoms with van der Waals surface area (Å²) in [5, 5.41) is 3.28. The first kappa shape index (κ1) is 14.7. The topological polar surface area (TPSA) is 85.1 Å². The molecule has 0 saturated heterocycles. The number of nitrogens with two attached hydrogens (primary N) is 1. The molecule has 0 fully saturated rings. The molecule has 2 aromatic heterocycles. The van der Waals surface area contributed by atoms with Crippen molar-refractivity contribution in [1.29, 1.82) is 0 Å². The van der Waals surface area contributed by atoms with Gasteiger partial charge in [0.15, 0.2) is 5.82 Å². The summed E-state index contributed by atoms with van der Waals surface area (Å²) in [6.45, 7) is 3.24. The van der Waals surface area contributed by atoms with Gasteiger partial charge in [-0.3, -0.25) is 0 Å². The van der Waals surface area contributed by atoms with Crippen molar-refractivity contribution in [3.8, 4) is 0 Å². The molecule has 0 radical (unpaired) electrons. The monoisotopic (exact) mass is 293 g/mol. The van der Waals surface area contributed by atoms with Crippen molar-refractivity contribution in [3.63, 3.8) is 0 Å². The summed E-state index contributed by atoms with van der Waals surface area (Å²) in [6, 6.07) is 6.06. The maximum Gasteiger partial charge on any atom is 0.158 e. The quantitative estimate of drug-likeness (QED) is 0.536. The summed E-state index contributed by atoms with van der Waals surface area (Å²) < 4.78 is 5.04. The fourth-order valence-corrected chi connectivity index (χ4v) is 2.64. The molecule has 4 N–H and O–H groups in total. The van der Waals surface area contributed by atoms with Crippen LogP contribution in [-0.2, 0) is 24.3 Å². The highest BCUT2D eigenvalue weighted by molar-refractivity contribution is 7.12. The first-order valence-electron chi connectivity index (χ1n) is 6.40. The Balaban J connectivity index is 2.05. The van der Waals surface area contributed by atoms with E-state index < -0.39 is 0 Å². The van der Waals surface area contributed by atoms with Gasteiger partial charge in [0, 0.05) is 22.9 Å². The number of nitrogens with zero attached hydrogens (tertiary/aromatic N) is 2. The Hall–Kier alpha value is -1.70. The summed E-state index contributed by atoms with van der Waals surface area (Å²) in [5.41, 5.74) is 2.53. The van der Waals surface area contributed by atoms with Crippen LogP contribution < -0.4 is 16.6 Å². The van der Waals surface area contributed by atoms with E-state index in [4.69, 9.17) is 10.6 Å². The number of hydrazine groups is 1. The van der Waals surface area contributed by atoms with Gasteiger partial charge in [-0.1, -0.05) is 6.92 Å². The molecule has 0 aliphatic carbocycles. The lowest BCUT2D eigenvalue weighted by molar-refractivity contribution is 0.178. The molecule has 0 atom stereocenters. The van der Waals surface area contributed by atoms with Crippen LogP contribution in [0.15, 0.2) is 18.2 Å². The fraction of sp³-hybridized carbons (Fsp3) is 0.385. The average Bonchev–Trinajstić information content (AvgIpc) is 2.93. The van der Waals surface area contributed by atoms with E-state index in [1.54, 1.807) is 24.5 Å². The molecule has 7 heteroatoms. The highest BCUT2D eigenvalue weighted by atomic mass is 32.1. The molecular formula is C13H19N5OS. The van der Waals surface area contributed by atoms with Gasteiger partial charge < -0.3 is 15.5 Å². The molecule has 0 bridgehead atoms. The molecule has 108 valence electrons. The zero-order chi connectivity index (χ0) is 14.4. The Morgan fingerprint density at radius 2 is 2.00 bits per heavy atom. The van der Waals surface area contributed by atoms with E-state index in [1.165, 1.54) is 9.75 Å². The van der Waals surface area contributed by atoms with Gasteiger partial charge in [0.1, 0.15) is 18.2 Å². The number of ether oxygens (including phenoxy) is 1. The summed E-state index contributed by atoms with van der Waals surface area (Å²) in [7, 11) is 1.61. The van der Waals surface area contributed by atoms with Crippen molar-refractivity contribution in [2.75, 3.05) is 17.9 Å². The lowest BCUT2D eigenvalue weighted by Gasteiger charge is -2.08. The van der Waals surface area contributed by atoms with E-state index in [1.807, 2.05) is 0 Å². The first-order valence-corrected chi connectivity index (χ1v) is 7.21. The molecule has 0 aliphatic heterocycles. The van der Waals surface area contributed by atoms with Gasteiger partial charge in [0.2, 0.25) is 0 Å². The SMILES string of the molecule is CCc1ccc(CNc2cc(NN)nc(COC)n2)s1. The predicted octanol–water partition coefficient (Wildman–Crippen LogP) is 2.14. The van der Waals surface area contributed by atoms with E-state index in [-0.39, 0.29) is 0 Å². The summed E-state index contributed by atoms with van der Waals surface area (Å²) >= 11 is 1.81. The average molecular weight is 293 g/mol. The Bertz CT molecular complexity index is 557. The van der Waals surface area contributed by atoms with Crippen molar-refractivity contribution in [3.05, 3.63) is 33.8 Å². The molecule has 2 heterocycles. The van der Waals surface area contributed by atoms with E-state index in [0.717, 1.165) is 18.8 Å². The number of methoxy groups -OCH3 is 1. The van der Waals surface area contributed by atoms with Crippen LogP contribution in [0.3, 0.4) is 0 Å². The second-order valence-electron chi connectivity index (χ2n) is 4.21. The standard InChI is InChI=1S/C13H19N5OS/c1-3-9-4-5-10(20-9)7-15-11-6-12(18-14)17-13(16-11)8-19-2/h4-6H,3,7-8,14H2,1-2H3,(H2,15,16,17,18). The molecule has 0 unspecified atom stereocenters. The van der Waals surface area contributed by atoms with Crippen LogP contribution >= 0.6 is 11.3 Å². The molecule has 0 aliphatic rings. The van der Waals surface area contributed by atoms with Crippen LogP contribution in [-0.4, -0.2) is 17.1 Å². The van der Waals surface area contributed by atoms with Gasteiger partial charge in [-0.25, -0.2) is 15.8 Å². The second-order valence-corrected chi connectivity index (χ2v) is 5.46. The molecule has 2 aromatic rings.